The molecule has 182 valence electrons. The molecule has 35 heavy (non-hydrogen) atoms. The molecule has 0 saturated carbocycles. The Morgan fingerprint density at radius 2 is 1.89 bits per heavy atom. The van der Waals surface area contributed by atoms with Gasteiger partial charge in [-0.05, 0) is 56.8 Å². The number of nitrogens with one attached hydrogen (secondary N) is 1. The molecular formula is C28H30FN3O3. The molecule has 6 nitrogen and oxygen atoms in total. The van der Waals surface area contributed by atoms with Gasteiger partial charge in [0.15, 0.2) is 5.82 Å². The van der Waals surface area contributed by atoms with Gasteiger partial charge in [0.05, 0.1) is 23.4 Å². The van der Waals surface area contributed by atoms with Crippen molar-refractivity contribution in [1.82, 2.24) is 9.88 Å². The molecule has 0 spiro atoms. The summed E-state index contributed by atoms with van der Waals surface area (Å²) in [5.74, 6) is 1.02. The van der Waals surface area contributed by atoms with Crippen LogP contribution in [0.3, 0.4) is 0 Å². The smallest absolute Gasteiger partial charge is 0.229 e. The number of hydrogen-bond donors (Lipinski definition) is 1. The molecule has 7 heteroatoms. The molecule has 0 amide bonds. The molecule has 1 aliphatic rings. The highest BCUT2D eigenvalue weighted by molar-refractivity contribution is 6.07. The third-order valence-electron chi connectivity index (χ3n) is 6.19. The summed E-state index contributed by atoms with van der Waals surface area (Å²) >= 11 is 0. The highest BCUT2D eigenvalue weighted by Crippen LogP contribution is 2.44. The number of likely N-dealkylation sites (N-methyl/N-ethyl adjacent to an activating group) is 1. The number of ether oxygens (including phenoxy) is 2. The van der Waals surface area contributed by atoms with Gasteiger partial charge in [-0.1, -0.05) is 30.3 Å². The van der Waals surface area contributed by atoms with E-state index in [4.69, 9.17) is 13.9 Å². The highest BCUT2D eigenvalue weighted by atomic mass is 19.1. The lowest BCUT2D eigenvalue weighted by Gasteiger charge is -2.14. The van der Waals surface area contributed by atoms with Crippen molar-refractivity contribution in [2.45, 2.75) is 18.9 Å². The van der Waals surface area contributed by atoms with E-state index in [1.165, 1.54) is 6.20 Å². The van der Waals surface area contributed by atoms with Gasteiger partial charge < -0.3 is 24.1 Å². The van der Waals surface area contributed by atoms with Gasteiger partial charge in [0.2, 0.25) is 5.71 Å². The van der Waals surface area contributed by atoms with Crippen LogP contribution in [-0.2, 0) is 4.74 Å². The van der Waals surface area contributed by atoms with E-state index in [1.54, 1.807) is 0 Å². The molecule has 0 bridgehead atoms. The zero-order chi connectivity index (χ0) is 24.2. The van der Waals surface area contributed by atoms with Gasteiger partial charge in [-0.25, -0.2) is 9.37 Å². The maximum atomic E-state index is 15.1. The Hall–Kier alpha value is -3.42. The molecule has 1 unspecified atom stereocenters. The predicted molar refractivity (Wildman–Crippen MR) is 136 cm³/mol. The van der Waals surface area contributed by atoms with Gasteiger partial charge in [-0.2, -0.15) is 0 Å². The van der Waals surface area contributed by atoms with E-state index >= 15 is 4.39 Å². The monoisotopic (exact) mass is 475 g/mol. The quantitative estimate of drug-likeness (QED) is 0.329. The number of benzene rings is 2. The first kappa shape index (κ1) is 23.3. The molecule has 0 radical (unpaired) electrons. The molecule has 1 saturated heterocycles. The molecule has 2 aromatic heterocycles. The van der Waals surface area contributed by atoms with Crippen LogP contribution >= 0.6 is 0 Å². The van der Waals surface area contributed by atoms with Gasteiger partial charge >= 0.3 is 0 Å². The van der Waals surface area contributed by atoms with E-state index in [2.05, 4.69) is 15.2 Å². The number of pyridine rings is 1. The van der Waals surface area contributed by atoms with E-state index in [-0.39, 0.29) is 6.10 Å². The third-order valence-corrected chi connectivity index (χ3v) is 6.19. The Kier molecular flexibility index (Phi) is 6.97. The van der Waals surface area contributed by atoms with Gasteiger partial charge in [-0.3, -0.25) is 0 Å². The van der Waals surface area contributed by atoms with Crippen LogP contribution in [0.25, 0.3) is 33.6 Å². The Morgan fingerprint density at radius 3 is 2.60 bits per heavy atom. The van der Waals surface area contributed by atoms with E-state index in [0.717, 1.165) is 48.4 Å². The van der Waals surface area contributed by atoms with Crippen molar-refractivity contribution in [2.75, 3.05) is 45.7 Å². The van der Waals surface area contributed by atoms with Crippen molar-refractivity contribution in [2.24, 2.45) is 0 Å². The van der Waals surface area contributed by atoms with Gasteiger partial charge in [0.25, 0.3) is 0 Å². The number of aromatic nitrogens is 1. The van der Waals surface area contributed by atoms with E-state index in [0.29, 0.717) is 35.7 Å². The molecule has 1 aliphatic heterocycles. The van der Waals surface area contributed by atoms with Crippen molar-refractivity contribution < 1.29 is 18.3 Å². The van der Waals surface area contributed by atoms with E-state index in [1.807, 2.05) is 68.7 Å². The maximum absolute atomic E-state index is 15.1. The topological polar surface area (TPSA) is 59.8 Å². The standard InChI is InChI=1S/C28H30FN3O3/c1-32(2)14-16-34-21-12-10-20(11-13-21)27-24(19-7-4-3-5-8-19)25-26(23(29)18-31-28(25)35-27)30-17-22-9-6-15-33-22/h3-5,7-8,10-13,18,22H,6,9,14-17H2,1-2H3,(H,30,31). The van der Waals surface area contributed by atoms with Crippen molar-refractivity contribution >= 4 is 16.8 Å². The summed E-state index contributed by atoms with van der Waals surface area (Å²) in [5.41, 5.74) is 3.39. The Bertz CT molecular complexity index is 1270. The lowest BCUT2D eigenvalue weighted by molar-refractivity contribution is 0.120. The number of furan rings is 1. The molecule has 4 aromatic rings. The molecule has 3 heterocycles. The first-order valence-electron chi connectivity index (χ1n) is 12.0. The highest BCUT2D eigenvalue weighted by Gasteiger charge is 2.24. The van der Waals surface area contributed by atoms with Crippen LogP contribution in [0.1, 0.15) is 12.8 Å². The lowest BCUT2D eigenvalue weighted by atomic mass is 9.98. The summed E-state index contributed by atoms with van der Waals surface area (Å²) in [7, 11) is 4.03. The Balaban J connectivity index is 1.55. The number of hydrogen-bond acceptors (Lipinski definition) is 6. The zero-order valence-electron chi connectivity index (χ0n) is 20.1. The zero-order valence-corrected chi connectivity index (χ0v) is 20.1. The first-order valence-corrected chi connectivity index (χ1v) is 12.0. The molecular weight excluding hydrogens is 445 g/mol. The SMILES string of the molecule is CN(C)CCOc1ccc(-c2oc3ncc(F)c(NCC4CCCO4)c3c2-c2ccccc2)cc1. The van der Waals surface area contributed by atoms with Crippen LogP contribution < -0.4 is 10.1 Å². The fraction of sp³-hybridized carbons (Fsp3) is 0.321. The number of anilines is 1. The average molecular weight is 476 g/mol. The number of fused-ring (bicyclic) bond motifs is 1. The van der Waals surface area contributed by atoms with E-state index < -0.39 is 5.82 Å². The Labute approximate surface area is 204 Å². The predicted octanol–water partition coefficient (Wildman–Crippen LogP) is 5.83. The summed E-state index contributed by atoms with van der Waals surface area (Å²) in [6.45, 7) is 2.72. The summed E-state index contributed by atoms with van der Waals surface area (Å²) in [5, 5.41) is 3.92. The van der Waals surface area contributed by atoms with Gasteiger partial charge in [0.1, 0.15) is 18.1 Å². The van der Waals surface area contributed by atoms with Crippen molar-refractivity contribution in [3.05, 3.63) is 66.6 Å². The van der Waals surface area contributed by atoms with Gasteiger partial charge in [0, 0.05) is 30.8 Å². The van der Waals surface area contributed by atoms with Crippen LogP contribution in [0.15, 0.2) is 65.2 Å². The number of nitrogens with zero attached hydrogens (tertiary/aromatic N) is 2. The summed E-state index contributed by atoms with van der Waals surface area (Å²) in [4.78, 5) is 6.36. The van der Waals surface area contributed by atoms with Crippen LogP contribution in [0.2, 0.25) is 0 Å². The second kappa shape index (κ2) is 10.5. The molecule has 1 N–H and O–H groups in total. The second-order valence-corrected chi connectivity index (χ2v) is 9.03. The fourth-order valence-corrected chi connectivity index (χ4v) is 4.37. The summed E-state index contributed by atoms with van der Waals surface area (Å²) < 4.78 is 32.9. The minimum absolute atomic E-state index is 0.0733. The largest absolute Gasteiger partial charge is 0.492 e. The van der Waals surface area contributed by atoms with Crippen LogP contribution in [0.4, 0.5) is 10.1 Å². The molecule has 5 rings (SSSR count). The molecule has 0 aliphatic carbocycles. The average Bonchev–Trinajstić information content (AvgIpc) is 3.52. The minimum Gasteiger partial charge on any atom is -0.492 e. The maximum Gasteiger partial charge on any atom is 0.229 e. The van der Waals surface area contributed by atoms with Crippen LogP contribution in [0, 0.1) is 5.82 Å². The van der Waals surface area contributed by atoms with Crippen molar-refractivity contribution in [3.63, 3.8) is 0 Å². The normalized spacial score (nSPS) is 15.7. The van der Waals surface area contributed by atoms with Crippen molar-refractivity contribution in [3.8, 4) is 28.2 Å². The molecule has 1 fully saturated rings. The minimum atomic E-state index is -0.412. The second-order valence-electron chi connectivity index (χ2n) is 9.03. The molecule has 1 atom stereocenters. The van der Waals surface area contributed by atoms with Crippen molar-refractivity contribution in [1.29, 1.82) is 0 Å². The number of halogens is 1. The molecule has 2 aromatic carbocycles. The fourth-order valence-electron chi connectivity index (χ4n) is 4.37. The lowest BCUT2D eigenvalue weighted by Crippen LogP contribution is -2.19. The first-order chi connectivity index (χ1) is 17.1. The summed E-state index contributed by atoms with van der Waals surface area (Å²) in [6.07, 6.45) is 3.28. The Morgan fingerprint density at radius 1 is 1.09 bits per heavy atom. The number of rotatable bonds is 9. The van der Waals surface area contributed by atoms with E-state index in [9.17, 15) is 0 Å². The van der Waals surface area contributed by atoms with Gasteiger partial charge in [-0.15, -0.1) is 0 Å². The third kappa shape index (κ3) is 5.16. The summed E-state index contributed by atoms with van der Waals surface area (Å²) in [6, 6.07) is 17.7. The van der Waals surface area contributed by atoms with Crippen LogP contribution in [0.5, 0.6) is 5.75 Å². The van der Waals surface area contributed by atoms with Crippen LogP contribution in [-0.4, -0.2) is 56.4 Å².